The van der Waals surface area contributed by atoms with E-state index in [4.69, 9.17) is 46.4 Å². The van der Waals surface area contributed by atoms with Crippen molar-refractivity contribution in [1.82, 2.24) is 0 Å². The van der Waals surface area contributed by atoms with E-state index < -0.39 is 0 Å². The zero-order chi connectivity index (χ0) is 13.8. The van der Waals surface area contributed by atoms with Gasteiger partial charge in [0.1, 0.15) is 0 Å². The Hall–Kier alpha value is 0.380. The van der Waals surface area contributed by atoms with Gasteiger partial charge >= 0.3 is 0 Å². The van der Waals surface area contributed by atoms with Crippen molar-refractivity contribution in [2.75, 3.05) is 0 Å². The molecule has 6 atom stereocenters. The lowest BCUT2D eigenvalue weighted by Gasteiger charge is -2.37. The van der Waals surface area contributed by atoms with Crippen LogP contribution >= 0.6 is 46.4 Å². The van der Waals surface area contributed by atoms with E-state index in [2.05, 4.69) is 0 Å². The van der Waals surface area contributed by atoms with Gasteiger partial charge in [0, 0.05) is 0 Å². The molecule has 1 aromatic rings. The van der Waals surface area contributed by atoms with E-state index in [1.807, 2.05) is 0 Å². The minimum atomic E-state index is 0.448. The zero-order valence-electron chi connectivity index (χ0n) is 10.8. The highest BCUT2D eigenvalue weighted by molar-refractivity contribution is 6.52. The summed E-state index contributed by atoms with van der Waals surface area (Å²) in [6.45, 7) is 0. The van der Waals surface area contributed by atoms with Gasteiger partial charge < -0.3 is 0 Å². The lowest BCUT2D eigenvalue weighted by Crippen LogP contribution is -2.27. The number of benzene rings is 1. The number of hydrogen-bond donors (Lipinski definition) is 0. The Morgan fingerprint density at radius 2 is 1.05 bits per heavy atom. The first-order chi connectivity index (χ1) is 9.59. The van der Waals surface area contributed by atoms with Gasteiger partial charge in [-0.1, -0.05) is 46.4 Å². The zero-order valence-corrected chi connectivity index (χ0v) is 13.8. The standard InChI is InChI=1S/C16H14Cl4/c17-13-11-7-4-8(12(11)14(18)16(20)15(13)19)10-6-2-1-5(3-6)9(7)10/h5-10H,1-4H2/t5-,6+,7+,8-,9+,10-. The van der Waals surface area contributed by atoms with Crippen LogP contribution in [0.2, 0.25) is 20.1 Å². The maximum Gasteiger partial charge on any atom is 0.0796 e. The van der Waals surface area contributed by atoms with Gasteiger partial charge in [0.25, 0.3) is 0 Å². The molecule has 4 aliphatic carbocycles. The van der Waals surface area contributed by atoms with Gasteiger partial charge in [-0.15, -0.1) is 0 Å². The fourth-order valence-corrected chi connectivity index (χ4v) is 7.34. The molecule has 106 valence electrons. The molecule has 0 amide bonds. The van der Waals surface area contributed by atoms with Crippen molar-refractivity contribution in [2.24, 2.45) is 23.7 Å². The van der Waals surface area contributed by atoms with Crippen LogP contribution in [-0.4, -0.2) is 0 Å². The minimum Gasteiger partial charge on any atom is -0.0823 e. The van der Waals surface area contributed by atoms with E-state index in [1.54, 1.807) is 0 Å². The van der Waals surface area contributed by atoms with Crippen LogP contribution < -0.4 is 0 Å². The molecule has 4 heteroatoms. The van der Waals surface area contributed by atoms with Gasteiger partial charge in [-0.05, 0) is 72.3 Å². The van der Waals surface area contributed by atoms with E-state index in [0.717, 1.165) is 23.7 Å². The Labute approximate surface area is 138 Å². The smallest absolute Gasteiger partial charge is 0.0796 e. The summed E-state index contributed by atoms with van der Waals surface area (Å²) in [6.07, 6.45) is 5.47. The molecule has 20 heavy (non-hydrogen) atoms. The average molecular weight is 348 g/mol. The molecule has 0 aliphatic heterocycles. The molecule has 4 aliphatic rings. The van der Waals surface area contributed by atoms with E-state index in [-0.39, 0.29) is 0 Å². The molecule has 0 radical (unpaired) electrons. The van der Waals surface area contributed by atoms with Gasteiger partial charge in [-0.25, -0.2) is 0 Å². The number of fused-ring (bicyclic) bond motifs is 12. The highest BCUT2D eigenvalue weighted by Gasteiger charge is 2.62. The minimum absolute atomic E-state index is 0.448. The van der Waals surface area contributed by atoms with Crippen molar-refractivity contribution in [3.63, 3.8) is 0 Å². The Bertz CT molecular complexity index is 585. The molecular formula is C16H14Cl4. The van der Waals surface area contributed by atoms with Crippen molar-refractivity contribution in [3.8, 4) is 0 Å². The Morgan fingerprint density at radius 3 is 1.50 bits per heavy atom. The summed E-state index contributed by atoms with van der Waals surface area (Å²) in [6, 6.07) is 0. The molecule has 0 heterocycles. The molecule has 3 saturated carbocycles. The molecule has 1 aromatic carbocycles. The van der Waals surface area contributed by atoms with Crippen molar-refractivity contribution < 1.29 is 0 Å². The van der Waals surface area contributed by atoms with E-state index in [1.165, 1.54) is 36.8 Å². The first-order valence-electron chi connectivity index (χ1n) is 7.45. The summed E-state index contributed by atoms with van der Waals surface area (Å²) in [7, 11) is 0. The summed E-state index contributed by atoms with van der Waals surface area (Å²) < 4.78 is 0. The van der Waals surface area contributed by atoms with Crippen LogP contribution in [0, 0.1) is 23.7 Å². The molecule has 0 saturated heterocycles. The summed E-state index contributed by atoms with van der Waals surface area (Å²) in [4.78, 5) is 0. The highest BCUT2D eigenvalue weighted by Crippen LogP contribution is 2.73. The Balaban J connectivity index is 1.76. The molecule has 0 aromatic heterocycles. The first kappa shape index (κ1) is 12.9. The summed E-state index contributed by atoms with van der Waals surface area (Å²) >= 11 is 25.6. The van der Waals surface area contributed by atoms with Crippen LogP contribution in [0.25, 0.3) is 0 Å². The second-order valence-electron chi connectivity index (χ2n) is 7.02. The van der Waals surface area contributed by atoms with Gasteiger partial charge in [-0.2, -0.15) is 0 Å². The molecule has 4 bridgehead atoms. The van der Waals surface area contributed by atoms with Gasteiger partial charge in [-0.3, -0.25) is 0 Å². The lowest BCUT2D eigenvalue weighted by atomic mass is 9.69. The van der Waals surface area contributed by atoms with Gasteiger partial charge in [0.15, 0.2) is 0 Å². The fraction of sp³-hybridized carbons (Fsp3) is 0.625. The van der Waals surface area contributed by atoms with Crippen LogP contribution in [0.5, 0.6) is 0 Å². The van der Waals surface area contributed by atoms with E-state index in [9.17, 15) is 0 Å². The lowest BCUT2D eigenvalue weighted by molar-refractivity contribution is 0.218. The maximum absolute atomic E-state index is 6.53. The van der Waals surface area contributed by atoms with Crippen LogP contribution in [0.4, 0.5) is 0 Å². The van der Waals surface area contributed by atoms with Crippen molar-refractivity contribution in [1.29, 1.82) is 0 Å². The largest absolute Gasteiger partial charge is 0.0823 e. The Morgan fingerprint density at radius 1 is 0.600 bits per heavy atom. The number of rotatable bonds is 0. The predicted octanol–water partition coefficient (Wildman–Crippen LogP) is 6.55. The summed E-state index contributed by atoms with van der Waals surface area (Å²) in [5, 5.41) is 2.24. The van der Waals surface area contributed by atoms with Crippen molar-refractivity contribution in [2.45, 2.75) is 37.5 Å². The average Bonchev–Trinajstić information content (AvgIpc) is 3.17. The molecule has 0 spiro atoms. The topological polar surface area (TPSA) is 0 Å². The molecule has 0 N–H and O–H groups in total. The summed E-state index contributed by atoms with van der Waals surface area (Å²) in [5.41, 5.74) is 2.48. The van der Waals surface area contributed by atoms with Crippen molar-refractivity contribution >= 4 is 46.4 Å². The monoisotopic (exact) mass is 346 g/mol. The highest BCUT2D eigenvalue weighted by atomic mass is 35.5. The summed E-state index contributed by atoms with van der Waals surface area (Å²) in [5.74, 6) is 4.65. The molecule has 0 nitrogen and oxygen atoms in total. The third-order valence-corrected chi connectivity index (χ3v) is 8.40. The van der Waals surface area contributed by atoms with Crippen LogP contribution in [0.15, 0.2) is 0 Å². The van der Waals surface area contributed by atoms with Gasteiger partial charge in [0.05, 0.1) is 20.1 Å². The van der Waals surface area contributed by atoms with Crippen LogP contribution in [-0.2, 0) is 0 Å². The second-order valence-corrected chi connectivity index (χ2v) is 8.53. The second kappa shape index (κ2) is 4.02. The third kappa shape index (κ3) is 1.30. The number of hydrogen-bond acceptors (Lipinski definition) is 0. The molecular weight excluding hydrogens is 334 g/mol. The molecule has 3 fully saturated rings. The maximum atomic E-state index is 6.53. The molecule has 0 unspecified atom stereocenters. The third-order valence-electron chi connectivity index (χ3n) is 6.57. The SMILES string of the molecule is Clc1c(Cl)c(Cl)c2c(c1Cl)[C@H]1C[C@@H]2[C@H]2[C@H]3CC[C@H](C3)[C@H]21. The quantitative estimate of drug-likeness (QED) is 0.283. The van der Waals surface area contributed by atoms with Gasteiger partial charge in [0.2, 0.25) is 0 Å². The fourth-order valence-electron chi connectivity index (χ4n) is 6.17. The van der Waals surface area contributed by atoms with Crippen LogP contribution in [0.3, 0.4) is 0 Å². The Kier molecular flexibility index (Phi) is 2.59. The predicted molar refractivity (Wildman–Crippen MR) is 84.4 cm³/mol. The normalized spacial score (nSPS) is 43.2. The van der Waals surface area contributed by atoms with Crippen LogP contribution in [0.1, 0.15) is 48.6 Å². The first-order valence-corrected chi connectivity index (χ1v) is 8.96. The van der Waals surface area contributed by atoms with Crippen molar-refractivity contribution in [3.05, 3.63) is 31.2 Å². The van der Waals surface area contributed by atoms with E-state index >= 15 is 0 Å². The molecule has 5 rings (SSSR count). The number of halogens is 4. The van der Waals surface area contributed by atoms with E-state index in [0.29, 0.717) is 31.9 Å².